The third kappa shape index (κ3) is 2.41. The molecule has 1 amide bonds. The van der Waals surface area contributed by atoms with Gasteiger partial charge < -0.3 is 9.88 Å². The lowest BCUT2D eigenvalue weighted by Crippen LogP contribution is -2.31. The highest BCUT2D eigenvalue weighted by molar-refractivity contribution is 7.10. The number of hydrogen-bond acceptors (Lipinski definition) is 3. The first kappa shape index (κ1) is 13.1. The van der Waals surface area contributed by atoms with Crippen LogP contribution in [0.15, 0.2) is 34.6 Å². The molecule has 0 spiro atoms. The Morgan fingerprint density at radius 1 is 1.45 bits per heavy atom. The number of pyridine rings is 1. The van der Waals surface area contributed by atoms with Crippen molar-refractivity contribution in [3.8, 4) is 0 Å². The Bertz CT molecular complexity index is 702. The van der Waals surface area contributed by atoms with Gasteiger partial charge in [-0.25, -0.2) is 0 Å². The van der Waals surface area contributed by atoms with Crippen molar-refractivity contribution in [3.05, 3.63) is 56.1 Å². The molecule has 0 aliphatic heterocycles. The van der Waals surface area contributed by atoms with Crippen LogP contribution in [0.1, 0.15) is 39.7 Å². The minimum Gasteiger partial charge on any atom is -0.345 e. The molecule has 2 heterocycles. The highest BCUT2D eigenvalue weighted by atomic mass is 32.1. The lowest BCUT2D eigenvalue weighted by atomic mass is 9.94. The van der Waals surface area contributed by atoms with Crippen LogP contribution in [0.2, 0.25) is 0 Å². The number of aryl methyl sites for hydroxylation is 2. The van der Waals surface area contributed by atoms with Crippen LogP contribution in [0.3, 0.4) is 0 Å². The first-order valence-electron chi connectivity index (χ1n) is 6.69. The molecule has 1 atom stereocenters. The van der Waals surface area contributed by atoms with E-state index in [1.165, 1.54) is 21.1 Å². The van der Waals surface area contributed by atoms with Crippen LogP contribution >= 0.6 is 11.3 Å². The number of nitrogens with zero attached hydrogens (tertiary/aromatic N) is 1. The molecule has 0 bridgehead atoms. The smallest absolute Gasteiger partial charge is 0.252 e. The third-order valence-corrected chi connectivity index (χ3v) is 4.72. The van der Waals surface area contributed by atoms with Gasteiger partial charge in [-0.05, 0) is 42.3 Å². The fourth-order valence-corrected chi connectivity index (χ4v) is 3.56. The van der Waals surface area contributed by atoms with Crippen LogP contribution in [0, 0.1) is 0 Å². The van der Waals surface area contributed by atoms with Gasteiger partial charge in [-0.3, -0.25) is 9.59 Å². The van der Waals surface area contributed by atoms with Crippen molar-refractivity contribution >= 4 is 17.2 Å². The molecule has 0 saturated carbocycles. The number of aromatic nitrogens is 1. The van der Waals surface area contributed by atoms with Gasteiger partial charge in [0.15, 0.2) is 0 Å². The summed E-state index contributed by atoms with van der Waals surface area (Å²) < 4.78 is 1.45. The van der Waals surface area contributed by atoms with E-state index in [2.05, 4.69) is 16.8 Å². The van der Waals surface area contributed by atoms with Gasteiger partial charge in [0.05, 0.1) is 6.04 Å². The standard InChI is InChI=1S/C15H16N2O2S/c1-17-7-5-10(9-14(17)18)15(19)16-12-3-2-4-13-11(12)6-8-20-13/h5-9,12H,2-4H2,1H3,(H,16,19). The molecule has 0 aromatic carbocycles. The van der Waals surface area contributed by atoms with Crippen LogP contribution in [0.5, 0.6) is 0 Å². The number of carbonyl (C=O) groups is 1. The molecule has 2 aromatic rings. The maximum absolute atomic E-state index is 12.3. The zero-order chi connectivity index (χ0) is 14.1. The first-order chi connectivity index (χ1) is 9.65. The molecule has 1 N–H and O–H groups in total. The van der Waals surface area contributed by atoms with Gasteiger partial charge in [0.25, 0.3) is 11.5 Å². The highest BCUT2D eigenvalue weighted by Crippen LogP contribution is 2.33. The summed E-state index contributed by atoms with van der Waals surface area (Å²) in [5.74, 6) is -0.174. The molecule has 3 rings (SSSR count). The van der Waals surface area contributed by atoms with Gasteiger partial charge in [0.2, 0.25) is 0 Å². The topological polar surface area (TPSA) is 51.1 Å². The predicted octanol–water partition coefficient (Wildman–Crippen LogP) is 2.25. The Balaban J connectivity index is 1.80. The minimum atomic E-state index is -0.174. The van der Waals surface area contributed by atoms with Crippen LogP contribution in [0.4, 0.5) is 0 Å². The summed E-state index contributed by atoms with van der Waals surface area (Å²) in [6.07, 6.45) is 4.77. The number of hydrogen-bond donors (Lipinski definition) is 1. The van der Waals surface area contributed by atoms with Crippen LogP contribution in [-0.4, -0.2) is 10.5 Å². The second kappa shape index (κ2) is 5.25. The zero-order valence-corrected chi connectivity index (χ0v) is 12.1. The SMILES string of the molecule is Cn1ccc(C(=O)NC2CCCc3sccc32)cc1=O. The number of thiophene rings is 1. The Morgan fingerprint density at radius 2 is 2.30 bits per heavy atom. The molecule has 20 heavy (non-hydrogen) atoms. The lowest BCUT2D eigenvalue weighted by molar-refractivity contribution is 0.0932. The van der Waals surface area contributed by atoms with Crippen molar-refractivity contribution < 1.29 is 4.79 Å². The summed E-state index contributed by atoms with van der Waals surface area (Å²) in [5.41, 5.74) is 1.49. The number of nitrogens with one attached hydrogen (secondary N) is 1. The molecule has 2 aromatic heterocycles. The monoisotopic (exact) mass is 288 g/mol. The van der Waals surface area contributed by atoms with Gasteiger partial charge in [0, 0.05) is 29.8 Å². The van der Waals surface area contributed by atoms with Crippen LogP contribution < -0.4 is 10.9 Å². The van der Waals surface area contributed by atoms with Gasteiger partial charge >= 0.3 is 0 Å². The van der Waals surface area contributed by atoms with Gasteiger partial charge in [0.1, 0.15) is 0 Å². The number of rotatable bonds is 2. The minimum absolute atomic E-state index is 0.0709. The molecule has 0 saturated heterocycles. The van der Waals surface area contributed by atoms with E-state index >= 15 is 0 Å². The van der Waals surface area contributed by atoms with E-state index in [4.69, 9.17) is 0 Å². The van der Waals surface area contributed by atoms with Crippen molar-refractivity contribution in [1.82, 2.24) is 9.88 Å². The molecule has 0 fully saturated rings. The highest BCUT2D eigenvalue weighted by Gasteiger charge is 2.23. The molecule has 104 valence electrons. The van der Waals surface area contributed by atoms with Crippen molar-refractivity contribution in [3.63, 3.8) is 0 Å². The lowest BCUT2D eigenvalue weighted by Gasteiger charge is -2.23. The quantitative estimate of drug-likeness (QED) is 0.921. The van der Waals surface area contributed by atoms with Gasteiger partial charge in [-0.15, -0.1) is 11.3 Å². The van der Waals surface area contributed by atoms with E-state index in [0.29, 0.717) is 5.56 Å². The van der Waals surface area contributed by atoms with Crippen molar-refractivity contribution in [2.75, 3.05) is 0 Å². The summed E-state index contributed by atoms with van der Waals surface area (Å²) in [5, 5.41) is 5.12. The molecular formula is C15H16N2O2S. The van der Waals surface area contributed by atoms with E-state index in [1.807, 2.05) is 0 Å². The van der Waals surface area contributed by atoms with E-state index in [-0.39, 0.29) is 17.5 Å². The summed E-state index contributed by atoms with van der Waals surface area (Å²) in [6, 6.07) is 5.22. The van der Waals surface area contributed by atoms with E-state index in [0.717, 1.165) is 19.3 Å². The predicted molar refractivity (Wildman–Crippen MR) is 79.1 cm³/mol. The molecule has 0 radical (unpaired) electrons. The number of carbonyl (C=O) groups excluding carboxylic acids is 1. The summed E-state index contributed by atoms with van der Waals surface area (Å²) in [4.78, 5) is 25.2. The zero-order valence-electron chi connectivity index (χ0n) is 11.3. The van der Waals surface area contributed by atoms with Crippen LogP contribution in [-0.2, 0) is 13.5 Å². The van der Waals surface area contributed by atoms with Gasteiger partial charge in [-0.2, -0.15) is 0 Å². The summed E-state index contributed by atoms with van der Waals surface area (Å²) in [7, 11) is 1.67. The molecule has 1 unspecified atom stereocenters. The largest absolute Gasteiger partial charge is 0.345 e. The Kier molecular flexibility index (Phi) is 3.44. The Morgan fingerprint density at radius 3 is 3.10 bits per heavy atom. The maximum atomic E-state index is 12.3. The fraction of sp³-hybridized carbons (Fsp3) is 0.333. The summed E-state index contributed by atoms with van der Waals surface area (Å²) in [6.45, 7) is 0. The Hall–Kier alpha value is -1.88. The van der Waals surface area contributed by atoms with E-state index < -0.39 is 0 Å². The molecule has 1 aliphatic carbocycles. The Labute approximate surface area is 121 Å². The van der Waals surface area contributed by atoms with Crippen molar-refractivity contribution in [1.29, 1.82) is 0 Å². The first-order valence-corrected chi connectivity index (χ1v) is 7.57. The fourth-order valence-electron chi connectivity index (χ4n) is 2.57. The number of amides is 1. The summed E-state index contributed by atoms with van der Waals surface area (Å²) >= 11 is 1.75. The van der Waals surface area contributed by atoms with Gasteiger partial charge in [-0.1, -0.05) is 0 Å². The van der Waals surface area contributed by atoms with E-state index in [1.54, 1.807) is 30.6 Å². The average molecular weight is 288 g/mol. The van der Waals surface area contributed by atoms with Crippen molar-refractivity contribution in [2.24, 2.45) is 7.05 Å². The molecule has 5 heteroatoms. The third-order valence-electron chi connectivity index (χ3n) is 3.72. The van der Waals surface area contributed by atoms with Crippen molar-refractivity contribution in [2.45, 2.75) is 25.3 Å². The van der Waals surface area contributed by atoms with E-state index in [9.17, 15) is 9.59 Å². The molecular weight excluding hydrogens is 272 g/mol. The average Bonchev–Trinajstić information content (AvgIpc) is 2.91. The normalized spacial score (nSPS) is 17.6. The van der Waals surface area contributed by atoms with Crippen LogP contribution in [0.25, 0.3) is 0 Å². The second-order valence-corrected chi connectivity index (χ2v) is 6.08. The molecule has 1 aliphatic rings. The second-order valence-electron chi connectivity index (χ2n) is 5.08. The molecule has 4 nitrogen and oxygen atoms in total. The maximum Gasteiger partial charge on any atom is 0.252 e. The number of fused-ring (bicyclic) bond motifs is 1.